The van der Waals surface area contributed by atoms with Crippen LogP contribution in [0.15, 0.2) is 18.2 Å². The van der Waals surface area contributed by atoms with Gasteiger partial charge in [-0.1, -0.05) is 11.6 Å². The fourth-order valence-electron chi connectivity index (χ4n) is 2.09. The summed E-state index contributed by atoms with van der Waals surface area (Å²) in [6.07, 6.45) is -4.55. The van der Waals surface area contributed by atoms with Crippen LogP contribution in [-0.2, 0) is 24.6 Å². The number of alkyl halides is 3. The maximum atomic E-state index is 12.5. The lowest BCUT2D eigenvalue weighted by Crippen LogP contribution is -2.44. The van der Waals surface area contributed by atoms with Gasteiger partial charge in [-0.05, 0) is 39.5 Å². The highest BCUT2D eigenvalue weighted by molar-refractivity contribution is 6.72. The van der Waals surface area contributed by atoms with Crippen molar-refractivity contribution in [2.75, 3.05) is 7.11 Å². The number of benzene rings is 1. The van der Waals surface area contributed by atoms with Crippen LogP contribution in [-0.4, -0.2) is 34.4 Å². The molecule has 130 valence electrons. The lowest BCUT2D eigenvalue weighted by Gasteiger charge is -2.25. The van der Waals surface area contributed by atoms with E-state index < -0.39 is 23.3 Å². The summed E-state index contributed by atoms with van der Waals surface area (Å²) in [6.45, 7) is 7.09. The molecule has 0 amide bonds. The van der Waals surface area contributed by atoms with Crippen LogP contribution in [0.25, 0.3) is 0 Å². The second-order valence-corrected chi connectivity index (χ2v) is 5.15. The zero-order valence-corrected chi connectivity index (χ0v) is 14.1. The fourth-order valence-corrected chi connectivity index (χ4v) is 2.09. The standard InChI is InChI=1S/C10H9F3O2.C3H9B3O3/c1-6-3-4-7(9(14)15-2)8(5-6)10(11,12)13;1-4-7-5(2)9-6(3)8-4/h3-5H,1-2H3;1-3H3. The highest BCUT2D eigenvalue weighted by atomic mass is 19.4. The predicted molar refractivity (Wildman–Crippen MR) is 85.6 cm³/mol. The Balaban J connectivity index is 0.000000272. The van der Waals surface area contributed by atoms with Crippen LogP contribution in [0.2, 0.25) is 20.5 Å². The van der Waals surface area contributed by atoms with Crippen molar-refractivity contribution in [1.82, 2.24) is 0 Å². The third-order valence-electron chi connectivity index (χ3n) is 3.04. The van der Waals surface area contributed by atoms with Crippen molar-refractivity contribution in [3.8, 4) is 0 Å². The molecule has 1 saturated heterocycles. The highest BCUT2D eigenvalue weighted by Crippen LogP contribution is 2.32. The third kappa shape index (κ3) is 6.22. The van der Waals surface area contributed by atoms with Gasteiger partial charge in [0.15, 0.2) is 0 Å². The van der Waals surface area contributed by atoms with Crippen LogP contribution in [0.1, 0.15) is 21.5 Å². The smallest absolute Gasteiger partial charge is 0.426 e. The van der Waals surface area contributed by atoms with Crippen molar-refractivity contribution in [3.63, 3.8) is 0 Å². The van der Waals surface area contributed by atoms with Crippen molar-refractivity contribution in [2.45, 2.75) is 33.6 Å². The molecular formula is C13H18B3F3O5. The van der Waals surface area contributed by atoms with Gasteiger partial charge in [-0.3, -0.25) is 0 Å². The van der Waals surface area contributed by atoms with Crippen molar-refractivity contribution in [1.29, 1.82) is 0 Å². The van der Waals surface area contributed by atoms with E-state index in [1.807, 2.05) is 20.5 Å². The number of carbonyl (C=O) groups excluding carboxylic acids is 1. The molecule has 0 radical (unpaired) electrons. The van der Waals surface area contributed by atoms with Gasteiger partial charge >= 0.3 is 33.5 Å². The van der Waals surface area contributed by atoms with Gasteiger partial charge in [-0.2, -0.15) is 13.2 Å². The number of carbonyl (C=O) groups is 1. The summed E-state index contributed by atoms with van der Waals surface area (Å²) in [7, 11) is 0.638. The Bertz CT molecular complexity index is 545. The van der Waals surface area contributed by atoms with Crippen LogP contribution in [0.3, 0.4) is 0 Å². The van der Waals surface area contributed by atoms with E-state index >= 15 is 0 Å². The molecule has 5 nitrogen and oxygen atoms in total. The SMILES string of the molecule is CB1OB(C)OB(C)O1.COC(=O)c1ccc(C)cc1C(F)(F)F. The van der Waals surface area contributed by atoms with E-state index in [4.69, 9.17) is 13.7 Å². The minimum Gasteiger partial charge on any atom is -0.465 e. The summed E-state index contributed by atoms with van der Waals surface area (Å²) in [4.78, 5) is 11.1. The number of hydrogen-bond acceptors (Lipinski definition) is 5. The second-order valence-electron chi connectivity index (χ2n) is 5.15. The number of aryl methyl sites for hydroxylation is 1. The van der Waals surface area contributed by atoms with Gasteiger partial charge in [0.05, 0.1) is 18.2 Å². The molecule has 0 bridgehead atoms. The molecule has 1 heterocycles. The fraction of sp³-hybridized carbons (Fsp3) is 0.462. The van der Waals surface area contributed by atoms with E-state index in [1.54, 1.807) is 0 Å². The first-order valence-electron chi connectivity index (χ1n) is 7.27. The quantitative estimate of drug-likeness (QED) is 0.579. The minimum atomic E-state index is -4.55. The summed E-state index contributed by atoms with van der Waals surface area (Å²) in [5, 5.41) is 0. The zero-order valence-electron chi connectivity index (χ0n) is 14.1. The summed E-state index contributed by atoms with van der Waals surface area (Å²) in [6, 6.07) is 3.47. The highest BCUT2D eigenvalue weighted by Gasteiger charge is 2.35. The van der Waals surface area contributed by atoms with E-state index in [2.05, 4.69) is 4.74 Å². The maximum Gasteiger partial charge on any atom is 0.426 e. The first kappa shape index (κ1) is 20.6. The Kier molecular flexibility index (Phi) is 7.38. The maximum absolute atomic E-state index is 12.5. The summed E-state index contributed by atoms with van der Waals surface area (Å²) < 4.78 is 57.2. The van der Waals surface area contributed by atoms with Crippen molar-refractivity contribution in [3.05, 3.63) is 34.9 Å². The first-order chi connectivity index (χ1) is 11.0. The topological polar surface area (TPSA) is 54.0 Å². The van der Waals surface area contributed by atoms with E-state index in [-0.39, 0.29) is 21.4 Å². The molecule has 0 spiro atoms. The van der Waals surface area contributed by atoms with Crippen molar-refractivity contribution >= 4 is 27.3 Å². The van der Waals surface area contributed by atoms with Crippen molar-refractivity contribution < 1.29 is 36.4 Å². The van der Waals surface area contributed by atoms with Gasteiger partial charge < -0.3 is 18.5 Å². The van der Waals surface area contributed by atoms with E-state index in [0.29, 0.717) is 5.56 Å². The first-order valence-corrected chi connectivity index (χ1v) is 7.27. The largest absolute Gasteiger partial charge is 0.465 e. The van der Waals surface area contributed by atoms with Crippen molar-refractivity contribution in [2.24, 2.45) is 0 Å². The predicted octanol–water partition coefficient (Wildman–Crippen LogP) is 3.20. The van der Waals surface area contributed by atoms with Gasteiger partial charge in [-0.15, -0.1) is 0 Å². The normalized spacial score (nSPS) is 14.9. The summed E-state index contributed by atoms with van der Waals surface area (Å²) in [5.74, 6) is -0.984. The second kappa shape index (κ2) is 8.59. The molecule has 0 aliphatic carbocycles. The molecule has 1 aliphatic heterocycles. The molecule has 1 fully saturated rings. The Morgan fingerprint density at radius 3 is 1.88 bits per heavy atom. The molecular weight excluding hydrogens is 326 g/mol. The van der Waals surface area contributed by atoms with Crippen LogP contribution in [0.5, 0.6) is 0 Å². The number of hydrogen-bond donors (Lipinski definition) is 0. The minimum absolute atomic E-state index is 0.135. The van der Waals surface area contributed by atoms with Crippen LogP contribution >= 0.6 is 0 Å². The molecule has 11 heteroatoms. The Labute approximate surface area is 140 Å². The van der Waals surface area contributed by atoms with Gasteiger partial charge in [0.1, 0.15) is 0 Å². The van der Waals surface area contributed by atoms with Gasteiger partial charge in [-0.25, -0.2) is 4.79 Å². The zero-order chi connectivity index (χ0) is 18.5. The van der Waals surface area contributed by atoms with Gasteiger partial charge in [0.2, 0.25) is 0 Å². The number of rotatable bonds is 1. The Hall–Kier alpha value is -1.45. The number of halogens is 3. The average Bonchev–Trinajstić information content (AvgIpc) is 2.44. The van der Waals surface area contributed by atoms with Crippen LogP contribution in [0, 0.1) is 6.92 Å². The molecule has 1 aromatic rings. The molecule has 0 aromatic heterocycles. The van der Waals surface area contributed by atoms with E-state index in [1.165, 1.54) is 13.0 Å². The molecule has 24 heavy (non-hydrogen) atoms. The molecule has 0 N–H and O–H groups in total. The van der Waals surface area contributed by atoms with E-state index in [9.17, 15) is 18.0 Å². The Morgan fingerprint density at radius 2 is 1.50 bits per heavy atom. The molecule has 2 rings (SSSR count). The van der Waals surface area contributed by atoms with Gasteiger partial charge in [0, 0.05) is 0 Å². The van der Waals surface area contributed by atoms with E-state index in [0.717, 1.165) is 19.2 Å². The number of ether oxygens (including phenoxy) is 1. The average molecular weight is 344 g/mol. The molecule has 0 saturated carbocycles. The van der Waals surface area contributed by atoms with Crippen LogP contribution in [0.4, 0.5) is 13.2 Å². The number of methoxy groups -OCH3 is 1. The third-order valence-corrected chi connectivity index (χ3v) is 3.04. The molecule has 0 atom stereocenters. The molecule has 1 aliphatic rings. The summed E-state index contributed by atoms with van der Waals surface area (Å²) >= 11 is 0. The summed E-state index contributed by atoms with van der Waals surface area (Å²) in [5.41, 5.74) is -0.986. The number of esters is 1. The lowest BCUT2D eigenvalue weighted by molar-refractivity contribution is -0.138. The van der Waals surface area contributed by atoms with Gasteiger partial charge in [0.25, 0.3) is 0 Å². The Morgan fingerprint density at radius 1 is 1.04 bits per heavy atom. The lowest BCUT2D eigenvalue weighted by atomic mass is 9.74. The molecule has 1 aromatic carbocycles. The van der Waals surface area contributed by atoms with Crippen LogP contribution < -0.4 is 0 Å². The monoisotopic (exact) mass is 344 g/mol. The molecule has 0 unspecified atom stereocenters.